The number of hydrogen-bond acceptors (Lipinski definition) is 4. The molecule has 0 amide bonds. The monoisotopic (exact) mass is 222 g/mol. The summed E-state index contributed by atoms with van der Waals surface area (Å²) in [5.41, 5.74) is 8.00. The number of aromatic hydroxyl groups is 1. The van der Waals surface area contributed by atoms with Gasteiger partial charge in [0.2, 0.25) is 0 Å². The third kappa shape index (κ3) is 1.74. The van der Waals surface area contributed by atoms with E-state index in [1.807, 2.05) is 13.1 Å². The van der Waals surface area contributed by atoms with Gasteiger partial charge >= 0.3 is 0 Å². The Kier molecular flexibility index (Phi) is 3.03. The Morgan fingerprint density at radius 1 is 1.50 bits per heavy atom. The lowest BCUT2D eigenvalue weighted by Crippen LogP contribution is -2.12. The Morgan fingerprint density at radius 2 is 2.25 bits per heavy atom. The van der Waals surface area contributed by atoms with Gasteiger partial charge in [0.1, 0.15) is 5.75 Å². The molecule has 16 heavy (non-hydrogen) atoms. The quantitative estimate of drug-likeness (QED) is 0.706. The van der Waals surface area contributed by atoms with E-state index in [9.17, 15) is 10.2 Å². The topological polar surface area (TPSA) is 69.7 Å². The molecule has 4 heteroatoms. The van der Waals surface area contributed by atoms with Gasteiger partial charge in [0.25, 0.3) is 0 Å². The second-order valence-electron chi connectivity index (χ2n) is 4.27. The van der Waals surface area contributed by atoms with E-state index < -0.39 is 6.10 Å². The average Bonchev–Trinajstić information content (AvgIpc) is 2.62. The maximum absolute atomic E-state index is 10.1. The zero-order valence-corrected chi connectivity index (χ0v) is 9.48. The number of hydrogen-bond donors (Lipinski definition) is 3. The fourth-order valence-corrected chi connectivity index (χ4v) is 2.23. The standard InChI is InChI=1S/C12H18N2O2/c1-14-7-5-8-10(14)3-2-9(12(8)16)11(15)4-6-13/h2-3,11,15-16H,4-7,13H2,1H3. The van der Waals surface area contributed by atoms with Crippen LogP contribution in [-0.2, 0) is 6.42 Å². The molecule has 0 aromatic heterocycles. The Labute approximate surface area is 95.3 Å². The summed E-state index contributed by atoms with van der Waals surface area (Å²) in [6, 6.07) is 3.74. The number of anilines is 1. The van der Waals surface area contributed by atoms with Crippen LogP contribution in [0.1, 0.15) is 23.7 Å². The van der Waals surface area contributed by atoms with Gasteiger partial charge in [-0.25, -0.2) is 0 Å². The lowest BCUT2D eigenvalue weighted by atomic mass is 10.0. The van der Waals surface area contributed by atoms with Crippen LogP contribution in [0.5, 0.6) is 5.75 Å². The highest BCUT2D eigenvalue weighted by Gasteiger charge is 2.23. The zero-order valence-electron chi connectivity index (χ0n) is 9.48. The highest BCUT2D eigenvalue weighted by atomic mass is 16.3. The van der Waals surface area contributed by atoms with Gasteiger partial charge in [-0.1, -0.05) is 6.07 Å². The Balaban J connectivity index is 2.36. The van der Waals surface area contributed by atoms with Gasteiger partial charge in [-0.05, 0) is 25.5 Å². The number of likely N-dealkylation sites (N-methyl/N-ethyl adjacent to an activating group) is 1. The molecule has 1 aromatic rings. The summed E-state index contributed by atoms with van der Waals surface area (Å²) in [4.78, 5) is 2.11. The third-order valence-electron chi connectivity index (χ3n) is 3.20. The molecule has 0 radical (unpaired) electrons. The SMILES string of the molecule is CN1CCc2c1ccc(C(O)CCN)c2O. The first-order chi connectivity index (χ1) is 7.65. The number of phenolic OH excluding ortho intramolecular Hbond substituents is 1. The maximum Gasteiger partial charge on any atom is 0.126 e. The summed E-state index contributed by atoms with van der Waals surface area (Å²) >= 11 is 0. The van der Waals surface area contributed by atoms with E-state index in [1.54, 1.807) is 6.07 Å². The number of fused-ring (bicyclic) bond motifs is 1. The molecule has 88 valence electrons. The van der Waals surface area contributed by atoms with Crippen molar-refractivity contribution in [1.29, 1.82) is 0 Å². The second kappa shape index (κ2) is 4.31. The molecule has 0 spiro atoms. The number of nitrogens with zero attached hydrogens (tertiary/aromatic N) is 1. The van der Waals surface area contributed by atoms with Crippen LogP contribution < -0.4 is 10.6 Å². The van der Waals surface area contributed by atoms with Crippen molar-refractivity contribution in [3.8, 4) is 5.75 Å². The number of aliphatic hydroxyl groups excluding tert-OH is 1. The molecular weight excluding hydrogens is 204 g/mol. The summed E-state index contributed by atoms with van der Waals surface area (Å²) < 4.78 is 0. The first kappa shape index (κ1) is 11.2. The van der Waals surface area contributed by atoms with Crippen LogP contribution in [0.2, 0.25) is 0 Å². The van der Waals surface area contributed by atoms with E-state index in [1.165, 1.54) is 0 Å². The summed E-state index contributed by atoms with van der Waals surface area (Å²) in [6.45, 7) is 1.33. The summed E-state index contributed by atoms with van der Waals surface area (Å²) in [5, 5.41) is 19.9. The summed E-state index contributed by atoms with van der Waals surface area (Å²) in [7, 11) is 2.00. The molecule has 1 aliphatic rings. The number of rotatable bonds is 3. The van der Waals surface area contributed by atoms with Gasteiger partial charge in [-0.3, -0.25) is 0 Å². The van der Waals surface area contributed by atoms with Crippen LogP contribution >= 0.6 is 0 Å². The molecule has 1 heterocycles. The largest absolute Gasteiger partial charge is 0.507 e. The van der Waals surface area contributed by atoms with E-state index in [0.717, 1.165) is 24.2 Å². The van der Waals surface area contributed by atoms with Crippen LogP contribution in [0.15, 0.2) is 12.1 Å². The van der Waals surface area contributed by atoms with Gasteiger partial charge in [-0.15, -0.1) is 0 Å². The van der Waals surface area contributed by atoms with Crippen molar-refractivity contribution in [3.63, 3.8) is 0 Å². The Bertz CT molecular complexity index is 393. The minimum atomic E-state index is -0.666. The molecule has 0 saturated heterocycles. The van der Waals surface area contributed by atoms with Crippen LogP contribution in [-0.4, -0.2) is 30.4 Å². The fourth-order valence-electron chi connectivity index (χ4n) is 2.23. The lowest BCUT2D eigenvalue weighted by Gasteiger charge is -2.16. The Hall–Kier alpha value is -1.26. The average molecular weight is 222 g/mol. The molecule has 0 fully saturated rings. The van der Waals surface area contributed by atoms with Crippen LogP contribution in [0.25, 0.3) is 0 Å². The van der Waals surface area contributed by atoms with Crippen molar-refractivity contribution in [2.75, 3.05) is 25.0 Å². The minimum Gasteiger partial charge on any atom is -0.507 e. The number of aliphatic hydroxyl groups is 1. The molecule has 4 N–H and O–H groups in total. The van der Waals surface area contributed by atoms with Crippen molar-refractivity contribution in [2.45, 2.75) is 18.9 Å². The molecule has 4 nitrogen and oxygen atoms in total. The van der Waals surface area contributed by atoms with E-state index in [-0.39, 0.29) is 5.75 Å². The van der Waals surface area contributed by atoms with Crippen molar-refractivity contribution in [1.82, 2.24) is 0 Å². The van der Waals surface area contributed by atoms with Crippen LogP contribution in [0.4, 0.5) is 5.69 Å². The Morgan fingerprint density at radius 3 is 2.94 bits per heavy atom. The van der Waals surface area contributed by atoms with E-state index >= 15 is 0 Å². The van der Waals surface area contributed by atoms with E-state index in [0.29, 0.717) is 18.5 Å². The minimum absolute atomic E-state index is 0.239. The highest BCUT2D eigenvalue weighted by molar-refractivity contribution is 5.64. The van der Waals surface area contributed by atoms with Gasteiger partial charge in [-0.2, -0.15) is 0 Å². The summed E-state index contributed by atoms with van der Waals surface area (Å²) in [6.07, 6.45) is 0.643. The number of nitrogens with two attached hydrogens (primary N) is 1. The predicted molar refractivity (Wildman–Crippen MR) is 63.7 cm³/mol. The molecule has 1 atom stereocenters. The first-order valence-electron chi connectivity index (χ1n) is 5.59. The van der Waals surface area contributed by atoms with Crippen molar-refractivity contribution in [2.24, 2.45) is 5.73 Å². The molecule has 1 aromatic carbocycles. The molecule has 0 aliphatic carbocycles. The number of benzene rings is 1. The fraction of sp³-hybridized carbons (Fsp3) is 0.500. The predicted octanol–water partition coefficient (Wildman–Crippen LogP) is 0.767. The van der Waals surface area contributed by atoms with Crippen molar-refractivity contribution >= 4 is 5.69 Å². The van der Waals surface area contributed by atoms with E-state index in [2.05, 4.69) is 4.90 Å². The highest BCUT2D eigenvalue weighted by Crippen LogP contribution is 2.38. The van der Waals surface area contributed by atoms with Gasteiger partial charge in [0, 0.05) is 30.4 Å². The maximum atomic E-state index is 10.1. The van der Waals surface area contributed by atoms with E-state index in [4.69, 9.17) is 5.73 Å². The van der Waals surface area contributed by atoms with Gasteiger partial charge in [0.05, 0.1) is 6.10 Å². The molecular formula is C12H18N2O2. The zero-order chi connectivity index (χ0) is 11.7. The van der Waals surface area contributed by atoms with Gasteiger partial charge < -0.3 is 20.8 Å². The normalized spacial score (nSPS) is 16.3. The molecule has 0 saturated carbocycles. The van der Waals surface area contributed by atoms with Crippen LogP contribution in [0.3, 0.4) is 0 Å². The first-order valence-corrected chi connectivity index (χ1v) is 5.59. The van der Waals surface area contributed by atoms with Gasteiger partial charge in [0.15, 0.2) is 0 Å². The van der Waals surface area contributed by atoms with Crippen molar-refractivity contribution < 1.29 is 10.2 Å². The molecule has 1 aliphatic heterocycles. The molecule has 1 unspecified atom stereocenters. The smallest absolute Gasteiger partial charge is 0.126 e. The lowest BCUT2D eigenvalue weighted by molar-refractivity contribution is 0.166. The molecule has 0 bridgehead atoms. The second-order valence-corrected chi connectivity index (χ2v) is 4.27. The molecule has 2 rings (SSSR count). The van der Waals surface area contributed by atoms with Crippen molar-refractivity contribution in [3.05, 3.63) is 23.3 Å². The third-order valence-corrected chi connectivity index (χ3v) is 3.20. The van der Waals surface area contributed by atoms with Crippen LogP contribution in [0, 0.1) is 0 Å². The summed E-state index contributed by atoms with van der Waals surface area (Å²) in [5.74, 6) is 0.239. The number of phenols is 1.